The Morgan fingerprint density at radius 2 is 1.47 bits per heavy atom. The van der Waals surface area contributed by atoms with Gasteiger partial charge in [0.1, 0.15) is 6.04 Å². The highest BCUT2D eigenvalue weighted by Gasteiger charge is 2.16. The Morgan fingerprint density at radius 3 is 1.94 bits per heavy atom. The number of carbonyl (C=O) groups is 3. The predicted molar refractivity (Wildman–Crippen MR) is 56.8 cm³/mol. The van der Waals surface area contributed by atoms with Crippen molar-refractivity contribution in [3.63, 3.8) is 0 Å². The first kappa shape index (κ1) is 15.3. The van der Waals surface area contributed by atoms with Crippen LogP contribution in [0.3, 0.4) is 0 Å². The van der Waals surface area contributed by atoms with E-state index in [0.717, 1.165) is 0 Å². The molecule has 0 radical (unpaired) electrons. The fourth-order valence-electron chi connectivity index (χ4n) is 1.04. The summed E-state index contributed by atoms with van der Waals surface area (Å²) in [6.07, 6.45) is -0.264. The van der Waals surface area contributed by atoms with Crippen LogP contribution in [0.1, 0.15) is 12.8 Å². The number of hydrogen-bond donors (Lipinski definition) is 5. The Kier molecular flexibility index (Phi) is 7.65. The van der Waals surface area contributed by atoms with E-state index in [1.807, 2.05) is 0 Å². The van der Waals surface area contributed by atoms with Crippen LogP contribution in [0.5, 0.6) is 0 Å². The molecule has 8 heteroatoms. The van der Waals surface area contributed by atoms with Crippen LogP contribution < -0.4 is 10.6 Å². The predicted octanol–water partition coefficient (Wildman–Crippen LogP) is -1.43. The van der Waals surface area contributed by atoms with Crippen molar-refractivity contribution >= 4 is 17.9 Å². The van der Waals surface area contributed by atoms with Gasteiger partial charge in [-0.3, -0.25) is 14.4 Å². The summed E-state index contributed by atoms with van der Waals surface area (Å²) in [5.74, 6) is -3.10. The molecule has 8 nitrogen and oxygen atoms in total. The lowest BCUT2D eigenvalue weighted by Gasteiger charge is -2.14. The van der Waals surface area contributed by atoms with Crippen LogP contribution in [0.4, 0.5) is 0 Å². The van der Waals surface area contributed by atoms with Gasteiger partial charge in [-0.15, -0.1) is 0 Å². The maximum absolute atomic E-state index is 10.7. The topological polar surface area (TPSA) is 136 Å². The third-order valence-electron chi connectivity index (χ3n) is 1.89. The van der Waals surface area contributed by atoms with Gasteiger partial charge in [0.2, 0.25) is 0 Å². The Hall–Kier alpha value is -1.67. The van der Waals surface area contributed by atoms with E-state index in [4.69, 9.17) is 15.3 Å². The van der Waals surface area contributed by atoms with Gasteiger partial charge < -0.3 is 26.0 Å². The van der Waals surface area contributed by atoms with Crippen molar-refractivity contribution in [1.29, 1.82) is 0 Å². The molecule has 5 N–H and O–H groups in total. The molecule has 17 heavy (non-hydrogen) atoms. The Labute approximate surface area is 97.6 Å². The molecule has 0 saturated carbocycles. The minimum Gasteiger partial charge on any atom is -0.481 e. The molecule has 0 aromatic carbocycles. The first-order chi connectivity index (χ1) is 7.93. The lowest BCUT2D eigenvalue weighted by atomic mass is 10.2. The summed E-state index contributed by atoms with van der Waals surface area (Å²) in [5.41, 5.74) is 0. The second-order valence-corrected chi connectivity index (χ2v) is 3.34. The Balaban J connectivity index is 3.79. The first-order valence-electron chi connectivity index (χ1n) is 5.04. The molecule has 1 atom stereocenters. The van der Waals surface area contributed by atoms with E-state index in [1.54, 1.807) is 0 Å². The van der Waals surface area contributed by atoms with Gasteiger partial charge in [0.25, 0.3) is 0 Å². The van der Waals surface area contributed by atoms with Crippen molar-refractivity contribution in [1.82, 2.24) is 10.6 Å². The average Bonchev–Trinajstić information content (AvgIpc) is 2.20. The van der Waals surface area contributed by atoms with Gasteiger partial charge >= 0.3 is 17.9 Å². The van der Waals surface area contributed by atoms with Crippen molar-refractivity contribution in [2.24, 2.45) is 0 Å². The maximum atomic E-state index is 10.7. The van der Waals surface area contributed by atoms with Crippen LogP contribution in [0, 0.1) is 0 Å². The van der Waals surface area contributed by atoms with Crippen LogP contribution in [-0.4, -0.2) is 58.9 Å². The summed E-state index contributed by atoms with van der Waals surface area (Å²) in [6.45, 7) is 0.259. The molecule has 0 aromatic heterocycles. The molecule has 0 bridgehead atoms. The number of carboxylic acid groups (broad SMARTS) is 3. The average molecular weight is 248 g/mol. The lowest BCUT2D eigenvalue weighted by molar-refractivity contribution is -0.140. The molecule has 0 amide bonds. The van der Waals surface area contributed by atoms with E-state index in [2.05, 4.69) is 10.6 Å². The molecule has 0 aliphatic carbocycles. The highest BCUT2D eigenvalue weighted by atomic mass is 16.4. The van der Waals surface area contributed by atoms with E-state index in [1.165, 1.54) is 0 Å². The maximum Gasteiger partial charge on any atom is 0.322 e. The van der Waals surface area contributed by atoms with Gasteiger partial charge in [0, 0.05) is 19.6 Å². The molecule has 0 fully saturated rings. The molecule has 0 aromatic rings. The fourth-order valence-corrected chi connectivity index (χ4v) is 1.04. The largest absolute Gasteiger partial charge is 0.481 e. The summed E-state index contributed by atoms with van der Waals surface area (Å²) < 4.78 is 0. The smallest absolute Gasteiger partial charge is 0.322 e. The summed E-state index contributed by atoms with van der Waals surface area (Å²) in [7, 11) is 0. The van der Waals surface area contributed by atoms with E-state index >= 15 is 0 Å². The van der Waals surface area contributed by atoms with Crippen LogP contribution in [0.2, 0.25) is 0 Å². The van der Waals surface area contributed by atoms with Crippen LogP contribution in [0.25, 0.3) is 0 Å². The third-order valence-corrected chi connectivity index (χ3v) is 1.89. The molecular formula is C9H16N2O6. The lowest BCUT2D eigenvalue weighted by Crippen LogP contribution is -2.45. The summed E-state index contributed by atoms with van der Waals surface area (Å²) >= 11 is 0. The normalized spacial score (nSPS) is 12.0. The summed E-state index contributed by atoms with van der Waals surface area (Å²) in [6, 6.07) is -0.928. The Morgan fingerprint density at radius 1 is 0.941 bits per heavy atom. The SMILES string of the molecule is O=C(O)CCNCC(NCCC(=O)O)C(=O)O. The molecular weight excluding hydrogens is 232 g/mol. The van der Waals surface area contributed by atoms with Gasteiger partial charge in [0.15, 0.2) is 0 Å². The molecule has 0 aliphatic rings. The monoisotopic (exact) mass is 248 g/mol. The molecule has 0 rings (SSSR count). The molecule has 98 valence electrons. The molecule has 0 saturated heterocycles. The second-order valence-electron chi connectivity index (χ2n) is 3.34. The summed E-state index contributed by atoms with van der Waals surface area (Å²) in [4.78, 5) is 31.1. The van der Waals surface area contributed by atoms with Gasteiger partial charge in [-0.25, -0.2) is 0 Å². The zero-order valence-corrected chi connectivity index (χ0v) is 9.18. The second kappa shape index (κ2) is 8.48. The van der Waals surface area contributed by atoms with E-state index in [0.29, 0.717) is 0 Å². The van der Waals surface area contributed by atoms with E-state index in [-0.39, 0.29) is 32.5 Å². The van der Waals surface area contributed by atoms with Crippen molar-refractivity contribution in [3.8, 4) is 0 Å². The first-order valence-corrected chi connectivity index (χ1v) is 5.04. The van der Waals surface area contributed by atoms with Crippen molar-refractivity contribution in [2.75, 3.05) is 19.6 Å². The van der Waals surface area contributed by atoms with Crippen LogP contribution in [-0.2, 0) is 14.4 Å². The zero-order chi connectivity index (χ0) is 13.3. The number of nitrogens with one attached hydrogen (secondary N) is 2. The van der Waals surface area contributed by atoms with Gasteiger partial charge in [-0.2, -0.15) is 0 Å². The molecule has 0 spiro atoms. The number of rotatable bonds is 10. The minimum absolute atomic E-state index is 0.0439. The molecule has 1 unspecified atom stereocenters. The van der Waals surface area contributed by atoms with Gasteiger partial charge in [-0.05, 0) is 0 Å². The molecule has 0 heterocycles. The minimum atomic E-state index is -1.11. The van der Waals surface area contributed by atoms with Crippen molar-refractivity contribution < 1.29 is 29.7 Å². The number of aliphatic carboxylic acids is 3. The van der Waals surface area contributed by atoms with E-state index < -0.39 is 23.9 Å². The highest BCUT2D eigenvalue weighted by Crippen LogP contribution is 1.85. The summed E-state index contributed by atoms with van der Waals surface area (Å²) in [5, 5.41) is 30.7. The van der Waals surface area contributed by atoms with Gasteiger partial charge in [-0.1, -0.05) is 0 Å². The fraction of sp³-hybridized carbons (Fsp3) is 0.667. The quantitative estimate of drug-likeness (QED) is 0.297. The zero-order valence-electron chi connectivity index (χ0n) is 9.18. The van der Waals surface area contributed by atoms with Crippen LogP contribution in [0.15, 0.2) is 0 Å². The van der Waals surface area contributed by atoms with E-state index in [9.17, 15) is 14.4 Å². The number of carboxylic acids is 3. The highest BCUT2D eigenvalue weighted by molar-refractivity contribution is 5.74. The third kappa shape index (κ3) is 9.27. The molecule has 0 aliphatic heterocycles. The van der Waals surface area contributed by atoms with Crippen LogP contribution >= 0.6 is 0 Å². The standard InChI is InChI=1S/C9H16N2O6/c12-7(13)1-3-10-5-6(9(16)17)11-4-2-8(14)15/h6,10-11H,1-5H2,(H,12,13)(H,14,15)(H,16,17). The van der Waals surface area contributed by atoms with Crippen molar-refractivity contribution in [3.05, 3.63) is 0 Å². The Bertz CT molecular complexity index is 281. The number of hydrogen-bond acceptors (Lipinski definition) is 5. The van der Waals surface area contributed by atoms with Gasteiger partial charge in [0.05, 0.1) is 12.8 Å². The van der Waals surface area contributed by atoms with Crippen molar-refractivity contribution in [2.45, 2.75) is 18.9 Å².